The third kappa shape index (κ3) is 3.26. The van der Waals surface area contributed by atoms with Crippen LogP contribution >= 0.6 is 0 Å². The Kier molecular flexibility index (Phi) is 4.35. The molecule has 0 spiro atoms. The number of benzene rings is 1. The number of rotatable bonds is 4. The van der Waals surface area contributed by atoms with Gasteiger partial charge >= 0.3 is 0 Å². The lowest BCUT2D eigenvalue weighted by molar-refractivity contribution is -0.127. The first-order valence-electron chi connectivity index (χ1n) is 5.56. The smallest absolute Gasteiger partial charge is 0.260 e. The molecule has 0 aromatic heterocycles. The molecule has 1 atom stereocenters. The monoisotopic (exact) mass is 221 g/mol. The molecule has 0 fully saturated rings. The molecule has 0 radical (unpaired) electrons. The van der Waals surface area contributed by atoms with Gasteiger partial charge < -0.3 is 10.1 Å². The normalized spacial score (nSPS) is 12.0. The Morgan fingerprint density at radius 1 is 1.38 bits per heavy atom. The van der Waals surface area contributed by atoms with Gasteiger partial charge in [-0.15, -0.1) is 0 Å². The highest BCUT2D eigenvalue weighted by Crippen LogP contribution is 2.17. The minimum absolute atomic E-state index is 0.0827. The van der Waals surface area contributed by atoms with E-state index < -0.39 is 6.10 Å². The van der Waals surface area contributed by atoms with E-state index in [1.54, 1.807) is 6.92 Å². The third-order valence-electron chi connectivity index (χ3n) is 2.51. The Morgan fingerprint density at radius 3 is 2.62 bits per heavy atom. The number of aryl methyl sites for hydroxylation is 2. The largest absolute Gasteiger partial charge is 0.481 e. The number of amides is 1. The fraction of sp³-hybridized carbons (Fsp3) is 0.462. The van der Waals surface area contributed by atoms with Gasteiger partial charge in [0, 0.05) is 6.54 Å². The third-order valence-corrected chi connectivity index (χ3v) is 2.51. The summed E-state index contributed by atoms with van der Waals surface area (Å²) in [5, 5.41) is 2.73. The molecule has 1 N–H and O–H groups in total. The van der Waals surface area contributed by atoms with Crippen LogP contribution < -0.4 is 10.1 Å². The zero-order valence-electron chi connectivity index (χ0n) is 10.3. The van der Waals surface area contributed by atoms with Crippen molar-refractivity contribution in [1.29, 1.82) is 0 Å². The maximum atomic E-state index is 11.5. The molecule has 88 valence electrons. The predicted octanol–water partition coefficient (Wildman–Crippen LogP) is 2.21. The number of hydrogen-bond acceptors (Lipinski definition) is 2. The Hall–Kier alpha value is -1.51. The fourth-order valence-corrected chi connectivity index (χ4v) is 1.36. The second kappa shape index (κ2) is 5.54. The average molecular weight is 221 g/mol. The summed E-state index contributed by atoms with van der Waals surface area (Å²) in [6, 6.07) is 5.83. The van der Waals surface area contributed by atoms with Crippen molar-refractivity contribution in [3.8, 4) is 5.75 Å². The maximum Gasteiger partial charge on any atom is 0.260 e. The summed E-state index contributed by atoms with van der Waals surface area (Å²) in [5.74, 6) is 0.655. The highest BCUT2D eigenvalue weighted by atomic mass is 16.5. The molecule has 1 unspecified atom stereocenters. The van der Waals surface area contributed by atoms with Crippen molar-refractivity contribution in [2.75, 3.05) is 6.54 Å². The minimum Gasteiger partial charge on any atom is -0.481 e. The van der Waals surface area contributed by atoms with Crippen LogP contribution in [0.2, 0.25) is 0 Å². The number of hydrogen-bond donors (Lipinski definition) is 1. The summed E-state index contributed by atoms with van der Waals surface area (Å²) >= 11 is 0. The summed E-state index contributed by atoms with van der Waals surface area (Å²) in [7, 11) is 0. The van der Waals surface area contributed by atoms with Gasteiger partial charge in [-0.05, 0) is 51.0 Å². The van der Waals surface area contributed by atoms with Gasteiger partial charge in [0.15, 0.2) is 6.10 Å². The molecule has 0 saturated heterocycles. The van der Waals surface area contributed by atoms with Crippen LogP contribution in [-0.2, 0) is 4.79 Å². The van der Waals surface area contributed by atoms with Crippen molar-refractivity contribution in [3.05, 3.63) is 29.3 Å². The summed E-state index contributed by atoms with van der Waals surface area (Å²) in [5.41, 5.74) is 2.39. The van der Waals surface area contributed by atoms with Crippen LogP contribution in [0, 0.1) is 13.8 Å². The Morgan fingerprint density at radius 2 is 2.06 bits per heavy atom. The number of carbonyl (C=O) groups excluding carboxylic acids is 1. The predicted molar refractivity (Wildman–Crippen MR) is 64.7 cm³/mol. The van der Waals surface area contributed by atoms with Gasteiger partial charge in [-0.25, -0.2) is 0 Å². The lowest BCUT2D eigenvalue weighted by Gasteiger charge is -2.14. The molecule has 0 heterocycles. The first-order valence-corrected chi connectivity index (χ1v) is 5.56. The number of carbonyl (C=O) groups is 1. The molecule has 3 heteroatoms. The highest BCUT2D eigenvalue weighted by molar-refractivity contribution is 5.80. The molecule has 16 heavy (non-hydrogen) atoms. The van der Waals surface area contributed by atoms with E-state index >= 15 is 0 Å². The number of likely N-dealkylation sites (N-methyl/N-ethyl adjacent to an activating group) is 1. The molecule has 0 aliphatic heterocycles. The topological polar surface area (TPSA) is 38.3 Å². The zero-order chi connectivity index (χ0) is 12.1. The van der Waals surface area contributed by atoms with E-state index in [4.69, 9.17) is 4.74 Å². The standard InChI is InChI=1S/C13H19NO2/c1-5-14-13(15)11(4)16-12-7-6-9(2)10(3)8-12/h6-8,11H,5H2,1-4H3,(H,14,15). The van der Waals surface area contributed by atoms with Crippen molar-refractivity contribution in [2.24, 2.45) is 0 Å². The minimum atomic E-state index is -0.456. The Bertz CT molecular complexity index is 374. The van der Waals surface area contributed by atoms with Crippen LogP contribution in [0.3, 0.4) is 0 Å². The average Bonchev–Trinajstić information content (AvgIpc) is 2.24. The van der Waals surface area contributed by atoms with Gasteiger partial charge in [0.05, 0.1) is 0 Å². The van der Waals surface area contributed by atoms with Gasteiger partial charge in [-0.3, -0.25) is 4.79 Å². The summed E-state index contributed by atoms with van der Waals surface area (Å²) in [6.07, 6.45) is -0.456. The second-order valence-corrected chi connectivity index (χ2v) is 3.90. The molecule has 0 aliphatic rings. The van der Waals surface area contributed by atoms with Crippen LogP contribution in [0.25, 0.3) is 0 Å². The molecule has 1 amide bonds. The Labute approximate surface area is 96.8 Å². The van der Waals surface area contributed by atoms with Gasteiger partial charge in [0.25, 0.3) is 5.91 Å². The zero-order valence-corrected chi connectivity index (χ0v) is 10.3. The summed E-state index contributed by atoms with van der Waals surface area (Å²) in [6.45, 7) is 8.34. The fourth-order valence-electron chi connectivity index (χ4n) is 1.36. The van der Waals surface area contributed by atoms with E-state index in [0.717, 1.165) is 5.75 Å². The molecule has 1 aromatic rings. The number of ether oxygens (including phenoxy) is 1. The number of nitrogens with one attached hydrogen (secondary N) is 1. The van der Waals surface area contributed by atoms with Gasteiger partial charge in [0.1, 0.15) is 5.75 Å². The summed E-state index contributed by atoms with van der Waals surface area (Å²) < 4.78 is 5.55. The second-order valence-electron chi connectivity index (χ2n) is 3.90. The van der Waals surface area contributed by atoms with Crippen LogP contribution in [0.4, 0.5) is 0 Å². The van der Waals surface area contributed by atoms with Crippen molar-refractivity contribution in [2.45, 2.75) is 33.8 Å². The molecular weight excluding hydrogens is 202 g/mol. The maximum absolute atomic E-state index is 11.5. The molecule has 3 nitrogen and oxygen atoms in total. The van der Waals surface area contributed by atoms with Gasteiger partial charge in [-0.2, -0.15) is 0 Å². The summed E-state index contributed by atoms with van der Waals surface area (Å²) in [4.78, 5) is 11.5. The SMILES string of the molecule is CCNC(=O)C(C)Oc1ccc(C)c(C)c1. The van der Waals surface area contributed by atoms with Crippen LogP contribution in [-0.4, -0.2) is 18.6 Å². The van der Waals surface area contributed by atoms with Crippen LogP contribution in [0.5, 0.6) is 5.75 Å². The molecule has 0 aliphatic carbocycles. The lowest BCUT2D eigenvalue weighted by atomic mass is 10.1. The van der Waals surface area contributed by atoms with E-state index in [1.165, 1.54) is 11.1 Å². The quantitative estimate of drug-likeness (QED) is 0.846. The van der Waals surface area contributed by atoms with E-state index in [1.807, 2.05) is 39.0 Å². The molecule has 0 saturated carbocycles. The Balaban J connectivity index is 2.66. The molecule has 1 rings (SSSR count). The highest BCUT2D eigenvalue weighted by Gasteiger charge is 2.13. The van der Waals surface area contributed by atoms with Crippen molar-refractivity contribution >= 4 is 5.91 Å². The molecule has 0 bridgehead atoms. The van der Waals surface area contributed by atoms with Gasteiger partial charge in [-0.1, -0.05) is 6.07 Å². The van der Waals surface area contributed by atoms with Crippen molar-refractivity contribution < 1.29 is 9.53 Å². The van der Waals surface area contributed by atoms with Crippen molar-refractivity contribution in [1.82, 2.24) is 5.32 Å². The van der Waals surface area contributed by atoms with Crippen LogP contribution in [0.1, 0.15) is 25.0 Å². The first-order chi connectivity index (χ1) is 7.54. The van der Waals surface area contributed by atoms with E-state index in [0.29, 0.717) is 6.54 Å². The molecular formula is C13H19NO2. The van der Waals surface area contributed by atoms with Crippen molar-refractivity contribution in [3.63, 3.8) is 0 Å². The lowest BCUT2D eigenvalue weighted by Crippen LogP contribution is -2.36. The van der Waals surface area contributed by atoms with Gasteiger partial charge in [0.2, 0.25) is 0 Å². The van der Waals surface area contributed by atoms with E-state index in [-0.39, 0.29) is 5.91 Å². The first kappa shape index (κ1) is 12.6. The molecule has 1 aromatic carbocycles. The van der Waals surface area contributed by atoms with E-state index in [2.05, 4.69) is 5.32 Å². The van der Waals surface area contributed by atoms with Crippen LogP contribution in [0.15, 0.2) is 18.2 Å². The van der Waals surface area contributed by atoms with E-state index in [9.17, 15) is 4.79 Å².